The molecule has 0 fully saturated rings. The smallest absolute Gasteiger partial charge is 0.408 e. The van der Waals surface area contributed by atoms with Gasteiger partial charge in [-0.05, 0) is 30.4 Å². The number of rotatable bonds is 3. The van der Waals surface area contributed by atoms with Gasteiger partial charge in [-0.3, -0.25) is 5.32 Å². The zero-order chi connectivity index (χ0) is 16.9. The molecular weight excluding hydrogens is 415 g/mol. The van der Waals surface area contributed by atoms with Gasteiger partial charge in [-0.2, -0.15) is 0 Å². The second-order valence-corrected chi connectivity index (χ2v) is 7.43. The number of amides is 1. The minimum absolute atomic E-state index is 0.0890. The van der Waals surface area contributed by atoms with Crippen LogP contribution in [0.4, 0.5) is 10.5 Å². The number of ether oxygens (including phenoxy) is 1. The number of halogens is 5. The maximum absolute atomic E-state index is 11.2. The molecule has 1 aromatic rings. The molecule has 0 radical (unpaired) electrons. The number of alkyl halides is 3. The van der Waals surface area contributed by atoms with Gasteiger partial charge < -0.3 is 15.4 Å². The summed E-state index contributed by atoms with van der Waals surface area (Å²) in [5.41, 5.74) is 0.563. The normalized spacial score (nSPS) is 12.3. The fraction of sp³-hybridized carbons (Fsp3) is 0.273. The summed E-state index contributed by atoms with van der Waals surface area (Å²) < 4.78 is 2.58. The Labute approximate surface area is 157 Å². The van der Waals surface area contributed by atoms with E-state index in [9.17, 15) is 4.79 Å². The van der Waals surface area contributed by atoms with Gasteiger partial charge in [-0.15, -0.1) is 0 Å². The van der Waals surface area contributed by atoms with Crippen molar-refractivity contribution < 1.29 is 9.53 Å². The Kier molecular flexibility index (Phi) is 7.58. The lowest BCUT2D eigenvalue weighted by atomic mass is 10.3. The first-order valence-corrected chi connectivity index (χ1v) is 7.87. The van der Waals surface area contributed by atoms with E-state index in [1.54, 1.807) is 18.2 Å². The molecule has 0 spiro atoms. The molecule has 0 heterocycles. The lowest BCUT2D eigenvalue weighted by Crippen LogP contribution is -2.56. The molecule has 0 saturated heterocycles. The first kappa shape index (κ1) is 19.7. The van der Waals surface area contributed by atoms with E-state index in [-0.39, 0.29) is 5.11 Å². The largest absolute Gasteiger partial charge is 0.453 e. The summed E-state index contributed by atoms with van der Waals surface area (Å²) >= 11 is 34.1. The molecule has 0 aliphatic heterocycles. The molecule has 0 aliphatic carbocycles. The average molecular weight is 426 g/mol. The van der Waals surface area contributed by atoms with E-state index in [0.29, 0.717) is 15.7 Å². The van der Waals surface area contributed by atoms with Crippen LogP contribution in [0, 0.1) is 0 Å². The molecule has 22 heavy (non-hydrogen) atoms. The van der Waals surface area contributed by atoms with E-state index >= 15 is 0 Å². The maximum Gasteiger partial charge on any atom is 0.408 e. The highest BCUT2D eigenvalue weighted by atomic mass is 35.6. The second kappa shape index (κ2) is 8.47. The highest BCUT2D eigenvalue weighted by molar-refractivity contribution is 7.80. The lowest BCUT2D eigenvalue weighted by Gasteiger charge is -2.27. The monoisotopic (exact) mass is 423 g/mol. The van der Waals surface area contributed by atoms with Crippen LogP contribution in [-0.4, -0.2) is 28.3 Å². The maximum atomic E-state index is 11.2. The van der Waals surface area contributed by atoms with Gasteiger partial charge in [0.05, 0.1) is 17.2 Å². The topological polar surface area (TPSA) is 62.4 Å². The highest BCUT2D eigenvalue weighted by Crippen LogP contribution is 2.29. The van der Waals surface area contributed by atoms with Gasteiger partial charge in [0, 0.05) is 5.69 Å². The van der Waals surface area contributed by atoms with E-state index in [0.717, 1.165) is 0 Å². The van der Waals surface area contributed by atoms with Crippen LogP contribution in [0.25, 0.3) is 0 Å². The van der Waals surface area contributed by atoms with Crippen molar-refractivity contribution in [1.29, 1.82) is 0 Å². The number of methoxy groups -OCH3 is 1. The molecule has 1 rings (SSSR count). The minimum atomic E-state index is -1.86. The highest BCUT2D eigenvalue weighted by Gasteiger charge is 2.35. The van der Waals surface area contributed by atoms with E-state index in [2.05, 4.69) is 20.7 Å². The molecule has 1 amide bonds. The van der Waals surface area contributed by atoms with Crippen molar-refractivity contribution in [2.75, 3.05) is 12.4 Å². The van der Waals surface area contributed by atoms with E-state index < -0.39 is 16.1 Å². The van der Waals surface area contributed by atoms with E-state index in [1.807, 2.05) is 0 Å². The first-order chi connectivity index (χ1) is 10.1. The van der Waals surface area contributed by atoms with Crippen molar-refractivity contribution in [3.63, 3.8) is 0 Å². The number of anilines is 1. The van der Waals surface area contributed by atoms with Crippen molar-refractivity contribution in [2.24, 2.45) is 0 Å². The van der Waals surface area contributed by atoms with Crippen LogP contribution in [0.1, 0.15) is 0 Å². The molecule has 0 unspecified atom stereocenters. The average Bonchev–Trinajstić information content (AvgIpc) is 2.41. The third kappa shape index (κ3) is 6.40. The third-order valence-electron chi connectivity index (χ3n) is 2.23. The van der Waals surface area contributed by atoms with Crippen LogP contribution < -0.4 is 16.0 Å². The van der Waals surface area contributed by atoms with Gasteiger partial charge in [0.25, 0.3) is 0 Å². The third-order valence-corrected chi connectivity index (χ3v) is 3.84. The number of hydrogen-bond donors (Lipinski definition) is 3. The number of benzene rings is 1. The number of hydrogen-bond acceptors (Lipinski definition) is 3. The summed E-state index contributed by atoms with van der Waals surface area (Å²) in [5.74, 6) is 0. The number of nitrogens with one attached hydrogen (secondary N) is 3. The molecular formula is C11H10Cl5N3O2S. The molecule has 3 N–H and O–H groups in total. The molecule has 5 nitrogen and oxygen atoms in total. The summed E-state index contributed by atoms with van der Waals surface area (Å²) in [7, 11) is 1.18. The Balaban J connectivity index is 2.74. The van der Waals surface area contributed by atoms with Gasteiger partial charge in [0.1, 0.15) is 0 Å². The van der Waals surface area contributed by atoms with E-state index in [4.69, 9.17) is 70.2 Å². The van der Waals surface area contributed by atoms with Gasteiger partial charge in [-0.1, -0.05) is 58.0 Å². The van der Waals surface area contributed by atoms with Crippen LogP contribution in [-0.2, 0) is 4.74 Å². The Bertz CT molecular complexity index is 567. The van der Waals surface area contributed by atoms with Crippen LogP contribution in [0.2, 0.25) is 10.0 Å². The molecule has 0 saturated carbocycles. The van der Waals surface area contributed by atoms with Gasteiger partial charge in [-0.25, -0.2) is 4.79 Å². The zero-order valence-corrected chi connectivity index (χ0v) is 15.5. The Morgan fingerprint density at radius 2 is 1.86 bits per heavy atom. The van der Waals surface area contributed by atoms with Crippen LogP contribution in [0.15, 0.2) is 18.2 Å². The van der Waals surface area contributed by atoms with E-state index in [1.165, 1.54) is 7.11 Å². The van der Waals surface area contributed by atoms with Crippen molar-refractivity contribution in [3.8, 4) is 0 Å². The predicted molar refractivity (Wildman–Crippen MR) is 95.4 cm³/mol. The summed E-state index contributed by atoms with van der Waals surface area (Å²) in [4.78, 5) is 11.2. The SMILES string of the molecule is COC(=O)N[C@H](NC(=S)Nc1ccc(Cl)c(Cl)c1)C(Cl)(Cl)Cl. The predicted octanol–water partition coefficient (Wildman–Crippen LogP) is 4.33. The number of alkyl carbamates (subject to hydrolysis) is 1. The summed E-state index contributed by atoms with van der Waals surface area (Å²) in [6, 6.07) is 4.81. The summed E-state index contributed by atoms with van der Waals surface area (Å²) in [5, 5.41) is 8.59. The molecule has 1 atom stereocenters. The molecule has 0 aromatic heterocycles. The van der Waals surface area contributed by atoms with Crippen LogP contribution in [0.3, 0.4) is 0 Å². The van der Waals surface area contributed by atoms with Gasteiger partial charge in [0.15, 0.2) is 11.3 Å². The molecule has 0 bridgehead atoms. The number of carbonyl (C=O) groups excluding carboxylic acids is 1. The number of thiocarbonyl (C=S) groups is 1. The molecule has 1 aromatic carbocycles. The zero-order valence-electron chi connectivity index (χ0n) is 10.9. The van der Waals surface area contributed by atoms with Crippen molar-refractivity contribution in [3.05, 3.63) is 28.2 Å². The Morgan fingerprint density at radius 3 is 2.36 bits per heavy atom. The van der Waals surface area contributed by atoms with Crippen molar-refractivity contribution in [2.45, 2.75) is 9.96 Å². The Morgan fingerprint density at radius 1 is 1.23 bits per heavy atom. The minimum Gasteiger partial charge on any atom is -0.453 e. The standard InChI is InChI=1S/C11H10Cl5N3O2S/c1-21-10(20)19-8(11(14,15)16)18-9(22)17-5-2-3-6(12)7(13)4-5/h2-4,8H,1H3,(H,19,20)(H2,17,18,22)/t8-/m0/s1. The van der Waals surface area contributed by atoms with Gasteiger partial charge >= 0.3 is 6.09 Å². The second-order valence-electron chi connectivity index (χ2n) is 3.84. The first-order valence-electron chi connectivity index (χ1n) is 5.57. The van der Waals surface area contributed by atoms with Crippen LogP contribution >= 0.6 is 70.2 Å². The van der Waals surface area contributed by atoms with Crippen molar-refractivity contribution in [1.82, 2.24) is 10.6 Å². The lowest BCUT2D eigenvalue weighted by molar-refractivity contribution is 0.166. The molecule has 0 aliphatic rings. The van der Waals surface area contributed by atoms with Crippen LogP contribution in [0.5, 0.6) is 0 Å². The molecule has 11 heteroatoms. The van der Waals surface area contributed by atoms with Crippen molar-refractivity contribution >= 4 is 87.1 Å². The fourth-order valence-electron chi connectivity index (χ4n) is 1.25. The summed E-state index contributed by atoms with van der Waals surface area (Å²) in [6.45, 7) is 0. The van der Waals surface area contributed by atoms with Gasteiger partial charge in [0.2, 0.25) is 3.79 Å². The quantitative estimate of drug-likeness (QED) is 0.382. The Hall–Kier alpha value is -0.370. The molecule has 122 valence electrons. The number of carbonyl (C=O) groups is 1. The fourth-order valence-corrected chi connectivity index (χ4v) is 2.11. The summed E-state index contributed by atoms with van der Waals surface area (Å²) in [6.07, 6.45) is -1.91.